The van der Waals surface area contributed by atoms with Crippen LogP contribution in [-0.4, -0.2) is 53.1 Å². The molecule has 1 aliphatic heterocycles. The third-order valence-corrected chi connectivity index (χ3v) is 7.50. The van der Waals surface area contributed by atoms with Crippen LogP contribution in [0.2, 0.25) is 5.15 Å². The van der Waals surface area contributed by atoms with Crippen molar-refractivity contribution in [3.63, 3.8) is 0 Å². The summed E-state index contributed by atoms with van der Waals surface area (Å²) in [5, 5.41) is 4.99. The van der Waals surface area contributed by atoms with Gasteiger partial charge >= 0.3 is 0 Å². The average molecular weight is 450 g/mol. The van der Waals surface area contributed by atoms with E-state index in [4.69, 9.17) is 11.6 Å². The summed E-state index contributed by atoms with van der Waals surface area (Å²) in [4.78, 5) is 14.5. The summed E-state index contributed by atoms with van der Waals surface area (Å²) in [6.45, 7) is 6.95. The van der Waals surface area contributed by atoms with E-state index in [1.807, 2.05) is 45.0 Å². The molecule has 162 valence electrons. The second kappa shape index (κ2) is 9.35. The number of hydrogen-bond donors (Lipinski definition) is 0. The number of aryl methyl sites for hydroxylation is 2. The number of halogens is 1. The summed E-state index contributed by atoms with van der Waals surface area (Å²) in [5.74, 6) is -0.00685. The predicted molar refractivity (Wildman–Crippen MR) is 120 cm³/mol. The fourth-order valence-electron chi connectivity index (χ4n) is 3.71. The SMILES string of the molecule is CCCN(C(=O)/C=C/c1c(C)nn(Cc2ccc(C)cc2)c1Cl)C1CCS(=O)(=O)C1. The van der Waals surface area contributed by atoms with Crippen molar-refractivity contribution >= 4 is 33.4 Å². The summed E-state index contributed by atoms with van der Waals surface area (Å²) in [6, 6.07) is 7.92. The smallest absolute Gasteiger partial charge is 0.246 e. The van der Waals surface area contributed by atoms with Gasteiger partial charge in [0.25, 0.3) is 0 Å². The molecule has 6 nitrogen and oxygen atoms in total. The van der Waals surface area contributed by atoms with Gasteiger partial charge in [0.1, 0.15) is 5.15 Å². The Morgan fingerprint density at radius 1 is 1.30 bits per heavy atom. The van der Waals surface area contributed by atoms with Crippen LogP contribution in [-0.2, 0) is 21.2 Å². The van der Waals surface area contributed by atoms with E-state index < -0.39 is 9.84 Å². The molecule has 0 saturated carbocycles. The maximum atomic E-state index is 12.8. The van der Waals surface area contributed by atoms with Crippen LogP contribution in [0.3, 0.4) is 0 Å². The molecule has 30 heavy (non-hydrogen) atoms. The van der Waals surface area contributed by atoms with Crippen molar-refractivity contribution in [1.29, 1.82) is 0 Å². The average Bonchev–Trinajstić information content (AvgIpc) is 3.18. The van der Waals surface area contributed by atoms with Gasteiger partial charge in [0.2, 0.25) is 5.91 Å². The van der Waals surface area contributed by atoms with Gasteiger partial charge in [-0.05, 0) is 38.3 Å². The monoisotopic (exact) mass is 449 g/mol. The number of benzene rings is 1. The van der Waals surface area contributed by atoms with E-state index in [1.54, 1.807) is 15.7 Å². The molecule has 0 bridgehead atoms. The van der Waals surface area contributed by atoms with Gasteiger partial charge in [-0.25, -0.2) is 13.1 Å². The second-order valence-electron chi connectivity index (χ2n) is 7.85. The first kappa shape index (κ1) is 22.6. The van der Waals surface area contributed by atoms with Gasteiger partial charge < -0.3 is 4.90 Å². The molecule has 1 aliphatic rings. The maximum Gasteiger partial charge on any atom is 0.246 e. The lowest BCUT2D eigenvalue weighted by Gasteiger charge is -2.26. The molecule has 1 amide bonds. The standard InChI is InChI=1S/C22H28ClN3O3S/c1-4-12-25(19-11-13-30(28,29)15-19)21(27)10-9-20-17(3)24-26(22(20)23)14-18-7-5-16(2)6-8-18/h5-10,19H,4,11-15H2,1-3H3/b10-9+. The van der Waals surface area contributed by atoms with Gasteiger partial charge in [-0.2, -0.15) is 5.10 Å². The van der Waals surface area contributed by atoms with Crippen molar-refractivity contribution in [2.24, 2.45) is 0 Å². The van der Waals surface area contributed by atoms with E-state index in [1.165, 1.54) is 11.6 Å². The van der Waals surface area contributed by atoms with Crippen LogP contribution >= 0.6 is 11.6 Å². The summed E-state index contributed by atoms with van der Waals surface area (Å²) in [7, 11) is -3.05. The van der Waals surface area contributed by atoms with Crippen LogP contribution in [0.5, 0.6) is 0 Å². The van der Waals surface area contributed by atoms with Gasteiger partial charge in [0.15, 0.2) is 9.84 Å². The molecule has 1 aromatic heterocycles. The van der Waals surface area contributed by atoms with E-state index in [0.717, 1.165) is 17.7 Å². The highest BCUT2D eigenvalue weighted by atomic mass is 35.5. The van der Waals surface area contributed by atoms with Crippen LogP contribution in [0.4, 0.5) is 0 Å². The number of carbonyl (C=O) groups is 1. The van der Waals surface area contributed by atoms with Crippen LogP contribution < -0.4 is 0 Å². The van der Waals surface area contributed by atoms with E-state index in [2.05, 4.69) is 5.10 Å². The zero-order chi connectivity index (χ0) is 21.9. The summed E-state index contributed by atoms with van der Waals surface area (Å²) >= 11 is 6.54. The van der Waals surface area contributed by atoms with Gasteiger partial charge in [-0.15, -0.1) is 0 Å². The summed E-state index contributed by atoms with van der Waals surface area (Å²) < 4.78 is 25.4. The molecular weight excluding hydrogens is 422 g/mol. The van der Waals surface area contributed by atoms with Crippen LogP contribution in [0, 0.1) is 13.8 Å². The zero-order valence-corrected chi connectivity index (χ0v) is 19.2. The van der Waals surface area contributed by atoms with E-state index in [0.29, 0.717) is 30.2 Å². The highest BCUT2D eigenvalue weighted by Crippen LogP contribution is 2.23. The van der Waals surface area contributed by atoms with Crippen molar-refractivity contribution in [3.8, 4) is 0 Å². The third-order valence-electron chi connectivity index (χ3n) is 5.35. The highest BCUT2D eigenvalue weighted by molar-refractivity contribution is 7.91. The maximum absolute atomic E-state index is 12.8. The number of amides is 1. The normalized spacial score (nSPS) is 18.2. The highest BCUT2D eigenvalue weighted by Gasteiger charge is 2.33. The van der Waals surface area contributed by atoms with Crippen molar-refractivity contribution in [2.75, 3.05) is 18.1 Å². The Balaban J connectivity index is 1.76. The Kier molecular flexibility index (Phi) is 7.03. The lowest BCUT2D eigenvalue weighted by Crippen LogP contribution is -2.40. The number of rotatable bonds is 7. The molecule has 1 unspecified atom stereocenters. The number of carbonyl (C=O) groups excluding carboxylic acids is 1. The van der Waals surface area contributed by atoms with Gasteiger partial charge in [-0.1, -0.05) is 48.4 Å². The first-order valence-electron chi connectivity index (χ1n) is 10.2. The van der Waals surface area contributed by atoms with Crippen molar-refractivity contribution in [3.05, 3.63) is 57.9 Å². The summed E-state index contributed by atoms with van der Waals surface area (Å²) in [6.07, 6.45) is 4.43. The Morgan fingerprint density at radius 3 is 2.60 bits per heavy atom. The fourth-order valence-corrected chi connectivity index (χ4v) is 5.74. The Hall–Kier alpha value is -2.12. The molecule has 8 heteroatoms. The summed E-state index contributed by atoms with van der Waals surface area (Å²) in [5.41, 5.74) is 3.72. The van der Waals surface area contributed by atoms with Crippen molar-refractivity contribution in [1.82, 2.24) is 14.7 Å². The Labute approximate surface area is 183 Å². The molecule has 2 aromatic rings. The third kappa shape index (κ3) is 5.32. The van der Waals surface area contributed by atoms with E-state index in [9.17, 15) is 13.2 Å². The van der Waals surface area contributed by atoms with E-state index >= 15 is 0 Å². The largest absolute Gasteiger partial charge is 0.335 e. The topological polar surface area (TPSA) is 72.3 Å². The number of sulfone groups is 1. The van der Waals surface area contributed by atoms with E-state index in [-0.39, 0.29) is 23.5 Å². The van der Waals surface area contributed by atoms with Gasteiger partial charge in [0, 0.05) is 24.2 Å². The molecule has 1 atom stereocenters. The molecule has 3 rings (SSSR count). The first-order valence-corrected chi connectivity index (χ1v) is 12.4. The van der Waals surface area contributed by atoms with Crippen LogP contribution in [0.1, 0.15) is 42.1 Å². The second-order valence-corrected chi connectivity index (χ2v) is 10.4. The Bertz CT molecular complexity index is 1040. The Morgan fingerprint density at radius 2 is 2.00 bits per heavy atom. The molecule has 2 heterocycles. The molecule has 1 fully saturated rings. The first-order chi connectivity index (χ1) is 14.2. The van der Waals surface area contributed by atoms with Crippen LogP contribution in [0.15, 0.2) is 30.3 Å². The quantitative estimate of drug-likeness (QED) is 0.605. The molecule has 0 aliphatic carbocycles. The molecule has 1 saturated heterocycles. The van der Waals surface area contributed by atoms with Crippen molar-refractivity contribution < 1.29 is 13.2 Å². The zero-order valence-electron chi connectivity index (χ0n) is 17.6. The molecular formula is C22H28ClN3O3S. The minimum absolute atomic E-state index is 0.0425. The predicted octanol–water partition coefficient (Wildman–Crippen LogP) is 3.64. The molecule has 0 N–H and O–H groups in total. The van der Waals surface area contributed by atoms with Crippen molar-refractivity contribution in [2.45, 2.75) is 46.2 Å². The molecule has 0 spiro atoms. The van der Waals surface area contributed by atoms with Gasteiger partial charge in [0.05, 0.1) is 23.7 Å². The number of nitrogens with zero attached hydrogens (tertiary/aromatic N) is 3. The lowest BCUT2D eigenvalue weighted by atomic mass is 10.1. The number of aromatic nitrogens is 2. The molecule has 1 aromatic carbocycles. The number of hydrogen-bond acceptors (Lipinski definition) is 4. The van der Waals surface area contributed by atoms with Crippen LogP contribution in [0.25, 0.3) is 6.08 Å². The fraction of sp³-hybridized carbons (Fsp3) is 0.455. The molecule has 0 radical (unpaired) electrons. The lowest BCUT2D eigenvalue weighted by molar-refractivity contribution is -0.127. The minimum Gasteiger partial charge on any atom is -0.335 e. The van der Waals surface area contributed by atoms with Gasteiger partial charge in [-0.3, -0.25) is 4.79 Å². The minimum atomic E-state index is -3.05.